The van der Waals surface area contributed by atoms with Crippen LogP contribution in [0.1, 0.15) is 11.3 Å². The van der Waals surface area contributed by atoms with Gasteiger partial charge in [-0.05, 0) is 30.3 Å². The summed E-state index contributed by atoms with van der Waals surface area (Å²) in [6.45, 7) is 1.20. The van der Waals surface area contributed by atoms with Crippen LogP contribution in [0, 0.1) is 5.82 Å². The largest absolute Gasteiger partial charge is 0.469 e. The van der Waals surface area contributed by atoms with Gasteiger partial charge in [-0.1, -0.05) is 11.6 Å². The summed E-state index contributed by atoms with van der Waals surface area (Å²) in [7, 11) is 0. The number of benzene rings is 1. The van der Waals surface area contributed by atoms with E-state index in [-0.39, 0.29) is 5.82 Å². The first-order chi connectivity index (χ1) is 8.25. The second-order valence-corrected chi connectivity index (χ2v) is 4.18. The minimum absolute atomic E-state index is 0.236. The second-order valence-electron chi connectivity index (χ2n) is 3.74. The molecule has 0 bridgehead atoms. The molecular weight excluding hydrogens is 241 g/mol. The normalized spacial score (nSPS) is 10.7. The van der Waals surface area contributed by atoms with E-state index >= 15 is 0 Å². The average molecular weight is 254 g/mol. The summed E-state index contributed by atoms with van der Waals surface area (Å²) in [5.41, 5.74) is 0.581. The first kappa shape index (κ1) is 12.1. The third-order valence-electron chi connectivity index (χ3n) is 2.45. The molecule has 2 aromatic rings. The maximum atomic E-state index is 13.4. The van der Waals surface area contributed by atoms with E-state index in [4.69, 9.17) is 16.0 Å². The SMILES string of the molecule is Fc1ccc(Cl)cc1CNCCc1ccco1. The molecule has 1 heterocycles. The summed E-state index contributed by atoms with van der Waals surface area (Å²) in [4.78, 5) is 0. The third kappa shape index (κ3) is 3.58. The number of hydrogen-bond acceptors (Lipinski definition) is 2. The molecule has 4 heteroatoms. The summed E-state index contributed by atoms with van der Waals surface area (Å²) in [5.74, 6) is 0.684. The van der Waals surface area contributed by atoms with Crippen molar-refractivity contribution in [1.82, 2.24) is 5.32 Å². The number of halogens is 2. The van der Waals surface area contributed by atoms with Gasteiger partial charge in [0, 0.05) is 30.1 Å². The quantitative estimate of drug-likeness (QED) is 0.827. The van der Waals surface area contributed by atoms with Crippen molar-refractivity contribution in [3.05, 3.63) is 58.8 Å². The van der Waals surface area contributed by atoms with E-state index in [0.717, 1.165) is 18.7 Å². The van der Waals surface area contributed by atoms with E-state index in [2.05, 4.69) is 5.32 Å². The number of furan rings is 1. The van der Waals surface area contributed by atoms with E-state index in [9.17, 15) is 4.39 Å². The van der Waals surface area contributed by atoms with Crippen LogP contribution < -0.4 is 5.32 Å². The molecule has 1 N–H and O–H groups in total. The molecule has 0 amide bonds. The van der Waals surface area contributed by atoms with Crippen LogP contribution in [0.2, 0.25) is 5.02 Å². The Kier molecular flexibility index (Phi) is 4.18. The molecule has 0 saturated carbocycles. The van der Waals surface area contributed by atoms with Crippen molar-refractivity contribution in [3.63, 3.8) is 0 Å². The fourth-order valence-electron chi connectivity index (χ4n) is 1.57. The highest BCUT2D eigenvalue weighted by Gasteiger charge is 2.02. The zero-order valence-corrected chi connectivity index (χ0v) is 10.0. The van der Waals surface area contributed by atoms with Crippen LogP contribution >= 0.6 is 11.6 Å². The Balaban J connectivity index is 1.80. The molecule has 0 atom stereocenters. The van der Waals surface area contributed by atoms with Crippen LogP contribution in [0.25, 0.3) is 0 Å². The maximum Gasteiger partial charge on any atom is 0.127 e. The standard InChI is InChI=1S/C13H13ClFNO/c14-11-3-4-13(15)10(8-11)9-16-6-5-12-2-1-7-17-12/h1-4,7-8,16H,5-6,9H2. The van der Waals surface area contributed by atoms with Gasteiger partial charge in [0.15, 0.2) is 0 Å². The monoisotopic (exact) mass is 253 g/mol. The van der Waals surface area contributed by atoms with Crippen molar-refractivity contribution in [2.75, 3.05) is 6.54 Å². The highest BCUT2D eigenvalue weighted by Crippen LogP contribution is 2.14. The lowest BCUT2D eigenvalue weighted by Gasteiger charge is -2.05. The molecule has 1 aromatic carbocycles. The Hall–Kier alpha value is -1.32. The van der Waals surface area contributed by atoms with E-state index in [0.29, 0.717) is 17.1 Å². The number of hydrogen-bond donors (Lipinski definition) is 1. The predicted octanol–water partition coefficient (Wildman–Crippen LogP) is 3.40. The van der Waals surface area contributed by atoms with Crippen LogP contribution in [-0.4, -0.2) is 6.54 Å². The molecule has 0 radical (unpaired) electrons. The molecule has 0 spiro atoms. The zero-order valence-electron chi connectivity index (χ0n) is 9.25. The van der Waals surface area contributed by atoms with Gasteiger partial charge in [-0.25, -0.2) is 4.39 Å². The summed E-state index contributed by atoms with van der Waals surface area (Å²) in [6.07, 6.45) is 2.43. The van der Waals surface area contributed by atoms with Crippen LogP contribution in [0.3, 0.4) is 0 Å². The molecule has 2 nitrogen and oxygen atoms in total. The topological polar surface area (TPSA) is 25.2 Å². The van der Waals surface area contributed by atoms with Gasteiger partial charge in [-0.15, -0.1) is 0 Å². The lowest BCUT2D eigenvalue weighted by molar-refractivity contribution is 0.497. The number of nitrogens with one attached hydrogen (secondary N) is 1. The summed E-state index contributed by atoms with van der Waals surface area (Å²) in [6, 6.07) is 8.33. The van der Waals surface area contributed by atoms with E-state index in [1.54, 1.807) is 18.4 Å². The zero-order chi connectivity index (χ0) is 12.1. The summed E-state index contributed by atoms with van der Waals surface area (Å²) >= 11 is 5.80. The molecule has 1 aromatic heterocycles. The van der Waals surface area contributed by atoms with Gasteiger partial charge >= 0.3 is 0 Å². The molecule has 0 aliphatic carbocycles. The van der Waals surface area contributed by atoms with Crippen LogP contribution in [0.4, 0.5) is 4.39 Å². The molecular formula is C13H13ClFNO. The molecule has 2 rings (SSSR count). The fourth-order valence-corrected chi connectivity index (χ4v) is 1.76. The number of rotatable bonds is 5. The minimum atomic E-state index is -0.236. The molecule has 90 valence electrons. The smallest absolute Gasteiger partial charge is 0.127 e. The Morgan fingerprint density at radius 1 is 1.29 bits per heavy atom. The van der Waals surface area contributed by atoms with E-state index in [1.165, 1.54) is 6.07 Å². The van der Waals surface area contributed by atoms with Crippen molar-refractivity contribution >= 4 is 11.6 Å². The van der Waals surface area contributed by atoms with E-state index < -0.39 is 0 Å². The first-order valence-electron chi connectivity index (χ1n) is 5.43. The average Bonchev–Trinajstić information content (AvgIpc) is 2.82. The Morgan fingerprint density at radius 2 is 2.18 bits per heavy atom. The van der Waals surface area contributed by atoms with Gasteiger partial charge in [-0.3, -0.25) is 0 Å². The highest BCUT2D eigenvalue weighted by atomic mass is 35.5. The first-order valence-corrected chi connectivity index (χ1v) is 5.80. The van der Waals surface area contributed by atoms with Gasteiger partial charge in [0.25, 0.3) is 0 Å². The van der Waals surface area contributed by atoms with Crippen LogP contribution in [-0.2, 0) is 13.0 Å². The molecule has 0 aliphatic heterocycles. The fraction of sp³-hybridized carbons (Fsp3) is 0.231. The maximum absolute atomic E-state index is 13.4. The minimum Gasteiger partial charge on any atom is -0.469 e. The van der Waals surface area contributed by atoms with Gasteiger partial charge in [0.2, 0.25) is 0 Å². The van der Waals surface area contributed by atoms with Crippen molar-refractivity contribution in [2.45, 2.75) is 13.0 Å². The van der Waals surface area contributed by atoms with Crippen LogP contribution in [0.15, 0.2) is 41.0 Å². The van der Waals surface area contributed by atoms with E-state index in [1.807, 2.05) is 12.1 Å². The predicted molar refractivity (Wildman–Crippen MR) is 65.5 cm³/mol. The van der Waals surface area contributed by atoms with Gasteiger partial charge in [0.05, 0.1) is 6.26 Å². The summed E-state index contributed by atoms with van der Waals surface area (Å²) < 4.78 is 18.5. The van der Waals surface area contributed by atoms with Crippen molar-refractivity contribution < 1.29 is 8.81 Å². The molecule has 0 saturated heterocycles. The summed E-state index contributed by atoms with van der Waals surface area (Å²) in [5, 5.41) is 3.70. The van der Waals surface area contributed by atoms with Crippen molar-refractivity contribution in [1.29, 1.82) is 0 Å². The second kappa shape index (κ2) is 5.84. The molecule has 0 aliphatic rings. The lowest BCUT2D eigenvalue weighted by Crippen LogP contribution is -2.17. The molecule has 0 fully saturated rings. The van der Waals surface area contributed by atoms with Crippen LogP contribution in [0.5, 0.6) is 0 Å². The van der Waals surface area contributed by atoms with Gasteiger partial charge < -0.3 is 9.73 Å². The Morgan fingerprint density at radius 3 is 2.94 bits per heavy atom. The lowest BCUT2D eigenvalue weighted by atomic mass is 10.2. The third-order valence-corrected chi connectivity index (χ3v) is 2.69. The Labute approximate surface area is 104 Å². The Bertz CT molecular complexity index is 470. The molecule has 17 heavy (non-hydrogen) atoms. The molecule has 0 unspecified atom stereocenters. The van der Waals surface area contributed by atoms with Gasteiger partial charge in [0.1, 0.15) is 11.6 Å². The van der Waals surface area contributed by atoms with Crippen molar-refractivity contribution in [2.24, 2.45) is 0 Å². The van der Waals surface area contributed by atoms with Crippen molar-refractivity contribution in [3.8, 4) is 0 Å². The highest BCUT2D eigenvalue weighted by molar-refractivity contribution is 6.30. The van der Waals surface area contributed by atoms with Gasteiger partial charge in [-0.2, -0.15) is 0 Å².